The summed E-state index contributed by atoms with van der Waals surface area (Å²) in [4.78, 5) is 23.8. The lowest BCUT2D eigenvalue weighted by molar-refractivity contribution is -0.154. The van der Waals surface area contributed by atoms with Gasteiger partial charge in [-0.1, -0.05) is 32.0 Å². The molecule has 0 bridgehead atoms. The van der Waals surface area contributed by atoms with Crippen LogP contribution in [0, 0.1) is 5.41 Å². The monoisotopic (exact) mass is 263 g/mol. The van der Waals surface area contributed by atoms with E-state index in [9.17, 15) is 9.59 Å². The fraction of sp³-hybridized carbons (Fsp3) is 0.467. The van der Waals surface area contributed by atoms with Gasteiger partial charge in [0.05, 0.1) is 7.11 Å². The molecule has 1 amide bonds. The van der Waals surface area contributed by atoms with Crippen LogP contribution in [0.25, 0.3) is 0 Å². The maximum atomic E-state index is 12.2. The van der Waals surface area contributed by atoms with Gasteiger partial charge in [-0.3, -0.25) is 9.59 Å². The summed E-state index contributed by atoms with van der Waals surface area (Å²) in [6, 6.07) is 7.58. The van der Waals surface area contributed by atoms with E-state index in [1.165, 1.54) is 7.11 Å². The Morgan fingerprint density at radius 1 is 1.21 bits per heavy atom. The Morgan fingerprint density at radius 2 is 1.79 bits per heavy atom. The first kappa shape index (κ1) is 15.2. The highest BCUT2D eigenvalue weighted by Crippen LogP contribution is 2.26. The molecule has 0 saturated heterocycles. The lowest BCUT2D eigenvalue weighted by Gasteiger charge is -2.22. The van der Waals surface area contributed by atoms with Gasteiger partial charge in [0.25, 0.3) is 0 Å². The van der Waals surface area contributed by atoms with Crippen molar-refractivity contribution < 1.29 is 14.3 Å². The van der Waals surface area contributed by atoms with Crippen LogP contribution in [-0.4, -0.2) is 19.0 Å². The molecule has 0 radical (unpaired) electrons. The number of hydrogen-bond acceptors (Lipinski definition) is 3. The number of amides is 1. The van der Waals surface area contributed by atoms with Crippen LogP contribution < -0.4 is 5.32 Å². The number of carbonyl (C=O) groups is 2. The van der Waals surface area contributed by atoms with Gasteiger partial charge >= 0.3 is 5.97 Å². The second kappa shape index (κ2) is 5.87. The van der Waals surface area contributed by atoms with E-state index >= 15 is 0 Å². The number of esters is 1. The summed E-state index contributed by atoms with van der Waals surface area (Å²) in [6.45, 7) is 7.20. The number of benzene rings is 1. The van der Waals surface area contributed by atoms with E-state index < -0.39 is 11.4 Å². The van der Waals surface area contributed by atoms with Gasteiger partial charge in [0.1, 0.15) is 5.41 Å². The quantitative estimate of drug-likeness (QED) is 0.671. The molecule has 0 aliphatic heterocycles. The van der Waals surface area contributed by atoms with Crippen LogP contribution in [-0.2, 0) is 14.3 Å². The van der Waals surface area contributed by atoms with Gasteiger partial charge in [-0.15, -0.1) is 0 Å². The van der Waals surface area contributed by atoms with Crippen LogP contribution in [0.15, 0.2) is 24.3 Å². The normalized spacial score (nSPS) is 11.3. The highest BCUT2D eigenvalue weighted by atomic mass is 16.5. The van der Waals surface area contributed by atoms with E-state index in [2.05, 4.69) is 23.9 Å². The Morgan fingerprint density at radius 3 is 2.32 bits per heavy atom. The fourth-order valence-electron chi connectivity index (χ4n) is 1.74. The number of nitrogens with one attached hydrogen (secondary N) is 1. The van der Waals surface area contributed by atoms with Crippen LogP contribution >= 0.6 is 0 Å². The molecule has 1 N–H and O–H groups in total. The van der Waals surface area contributed by atoms with E-state index in [4.69, 9.17) is 0 Å². The fourth-order valence-corrected chi connectivity index (χ4v) is 1.74. The molecule has 0 heterocycles. The number of ether oxygens (including phenoxy) is 1. The van der Waals surface area contributed by atoms with Gasteiger partial charge in [0.2, 0.25) is 5.91 Å². The standard InChI is InChI=1S/C15H21NO3/c1-10(2)11-8-6-7-9-12(11)16-13(17)15(3,4)14(18)19-5/h6-10H,1-5H3,(H,16,17). The second-order valence-electron chi connectivity index (χ2n) is 5.31. The first-order valence-corrected chi connectivity index (χ1v) is 6.29. The van der Waals surface area contributed by atoms with Crippen LogP contribution in [0.2, 0.25) is 0 Å². The molecule has 19 heavy (non-hydrogen) atoms. The summed E-state index contributed by atoms with van der Waals surface area (Å²) >= 11 is 0. The van der Waals surface area contributed by atoms with Crippen molar-refractivity contribution in [1.29, 1.82) is 0 Å². The van der Waals surface area contributed by atoms with Gasteiger partial charge in [0.15, 0.2) is 0 Å². The molecule has 4 nitrogen and oxygen atoms in total. The Labute approximate surface area is 114 Å². The number of para-hydroxylation sites is 1. The van der Waals surface area contributed by atoms with Gasteiger partial charge in [0, 0.05) is 5.69 Å². The van der Waals surface area contributed by atoms with Crippen LogP contribution in [0.5, 0.6) is 0 Å². The molecule has 0 aliphatic rings. The lowest BCUT2D eigenvalue weighted by Crippen LogP contribution is -2.39. The molecular weight excluding hydrogens is 242 g/mol. The summed E-state index contributed by atoms with van der Waals surface area (Å²) < 4.78 is 4.65. The largest absolute Gasteiger partial charge is 0.468 e. The van der Waals surface area contributed by atoms with Crippen LogP contribution in [0.4, 0.5) is 5.69 Å². The maximum absolute atomic E-state index is 12.2. The van der Waals surface area contributed by atoms with E-state index in [0.29, 0.717) is 0 Å². The zero-order valence-corrected chi connectivity index (χ0v) is 12.1. The number of rotatable bonds is 4. The zero-order chi connectivity index (χ0) is 14.6. The van der Waals surface area contributed by atoms with Crippen LogP contribution in [0.1, 0.15) is 39.2 Å². The first-order valence-electron chi connectivity index (χ1n) is 6.29. The summed E-state index contributed by atoms with van der Waals surface area (Å²) in [5, 5.41) is 2.81. The first-order chi connectivity index (χ1) is 8.80. The number of hydrogen-bond donors (Lipinski definition) is 1. The molecular formula is C15H21NO3. The third kappa shape index (κ3) is 3.34. The van der Waals surface area contributed by atoms with Crippen molar-refractivity contribution in [2.75, 3.05) is 12.4 Å². The van der Waals surface area contributed by atoms with Crippen molar-refractivity contribution in [3.8, 4) is 0 Å². The highest BCUT2D eigenvalue weighted by molar-refractivity contribution is 6.08. The minimum Gasteiger partial charge on any atom is -0.468 e. The van der Waals surface area contributed by atoms with Gasteiger partial charge in [-0.05, 0) is 31.4 Å². The summed E-state index contributed by atoms with van der Waals surface area (Å²) in [7, 11) is 1.28. The van der Waals surface area contributed by atoms with Crippen molar-refractivity contribution >= 4 is 17.6 Å². The molecule has 0 unspecified atom stereocenters. The van der Waals surface area contributed by atoms with E-state index in [0.717, 1.165) is 11.3 Å². The molecule has 0 aliphatic carbocycles. The molecule has 1 rings (SSSR count). The molecule has 1 aromatic rings. The van der Waals surface area contributed by atoms with Crippen molar-refractivity contribution in [1.82, 2.24) is 0 Å². The minimum absolute atomic E-state index is 0.290. The Balaban J connectivity index is 2.98. The molecule has 0 fully saturated rings. The molecule has 4 heteroatoms. The minimum atomic E-state index is -1.21. The Hall–Kier alpha value is -1.84. The Kier molecular flexibility index (Phi) is 4.70. The molecule has 0 spiro atoms. The molecule has 0 saturated carbocycles. The van der Waals surface area contributed by atoms with Gasteiger partial charge in [-0.25, -0.2) is 0 Å². The maximum Gasteiger partial charge on any atom is 0.320 e. The predicted molar refractivity (Wildman–Crippen MR) is 75.0 cm³/mol. The van der Waals surface area contributed by atoms with Crippen molar-refractivity contribution in [2.45, 2.75) is 33.6 Å². The van der Waals surface area contributed by atoms with Gasteiger partial charge < -0.3 is 10.1 Å². The third-order valence-corrected chi connectivity index (χ3v) is 3.09. The summed E-state index contributed by atoms with van der Waals surface area (Å²) in [5.41, 5.74) is 0.565. The molecule has 104 valence electrons. The average Bonchev–Trinajstić information content (AvgIpc) is 2.37. The topological polar surface area (TPSA) is 55.4 Å². The lowest BCUT2D eigenvalue weighted by atomic mass is 9.92. The Bertz CT molecular complexity index is 478. The predicted octanol–water partition coefficient (Wildman–Crippen LogP) is 2.95. The summed E-state index contributed by atoms with van der Waals surface area (Å²) in [5.74, 6) is -0.628. The van der Waals surface area contributed by atoms with Crippen LogP contribution in [0.3, 0.4) is 0 Å². The smallest absolute Gasteiger partial charge is 0.320 e. The number of carbonyl (C=O) groups excluding carboxylic acids is 2. The third-order valence-electron chi connectivity index (χ3n) is 3.09. The van der Waals surface area contributed by atoms with E-state index in [-0.39, 0.29) is 11.8 Å². The van der Waals surface area contributed by atoms with Crippen molar-refractivity contribution in [3.05, 3.63) is 29.8 Å². The average molecular weight is 263 g/mol. The molecule has 0 atom stereocenters. The van der Waals surface area contributed by atoms with Crippen molar-refractivity contribution in [3.63, 3.8) is 0 Å². The van der Waals surface area contributed by atoms with Crippen molar-refractivity contribution in [2.24, 2.45) is 5.41 Å². The van der Waals surface area contributed by atoms with E-state index in [1.54, 1.807) is 13.8 Å². The summed E-state index contributed by atoms with van der Waals surface area (Å²) in [6.07, 6.45) is 0. The second-order valence-corrected chi connectivity index (χ2v) is 5.31. The molecule has 1 aromatic carbocycles. The zero-order valence-electron chi connectivity index (χ0n) is 12.1. The van der Waals surface area contributed by atoms with E-state index in [1.807, 2.05) is 24.3 Å². The SMILES string of the molecule is COC(=O)C(C)(C)C(=O)Nc1ccccc1C(C)C. The molecule has 0 aromatic heterocycles. The van der Waals surface area contributed by atoms with Gasteiger partial charge in [-0.2, -0.15) is 0 Å². The highest BCUT2D eigenvalue weighted by Gasteiger charge is 2.37. The number of methoxy groups -OCH3 is 1. The number of anilines is 1.